The van der Waals surface area contributed by atoms with Crippen molar-refractivity contribution >= 4 is 55.0 Å². The molecule has 0 amide bonds. The van der Waals surface area contributed by atoms with E-state index in [4.69, 9.17) is 11.6 Å². The van der Waals surface area contributed by atoms with Gasteiger partial charge in [0.15, 0.2) is 0 Å². The number of hydrogen-bond donors (Lipinski definition) is 3. The first kappa shape index (κ1) is 20.2. The van der Waals surface area contributed by atoms with Gasteiger partial charge in [-0.1, -0.05) is 11.6 Å². The molecule has 32 heavy (non-hydrogen) atoms. The zero-order chi connectivity index (χ0) is 22.5. The van der Waals surface area contributed by atoms with Gasteiger partial charge in [0.05, 0.1) is 9.92 Å². The Hall–Kier alpha value is -3.76. The zero-order valence-electron chi connectivity index (χ0n) is 16.1. The fraction of sp³-hybridized carbons (Fsp3) is 0. The maximum atomic E-state index is 13.4. The molecule has 5 rings (SSSR count). The molecular formula is C21H13ClFN5O3S. The van der Waals surface area contributed by atoms with E-state index in [-0.39, 0.29) is 21.5 Å². The number of fused-ring (bicyclic) bond motifs is 2. The molecule has 0 saturated carbocycles. The van der Waals surface area contributed by atoms with Crippen molar-refractivity contribution in [3.63, 3.8) is 0 Å². The number of sulfone groups is 1. The maximum absolute atomic E-state index is 13.4. The minimum absolute atomic E-state index is 0.159. The SMILES string of the molecule is O=c1[nH]c2nc(Nc3ccc4[nH]ccc4c3)ncc2cc1S(=O)(=O)c1ccc(F)c(Cl)c1. The molecule has 3 N–H and O–H groups in total. The average Bonchev–Trinajstić information content (AvgIpc) is 3.23. The van der Waals surface area contributed by atoms with Crippen LogP contribution < -0.4 is 10.9 Å². The Kier molecular flexibility index (Phi) is 4.68. The third-order valence-corrected chi connectivity index (χ3v) is 6.91. The monoisotopic (exact) mass is 469 g/mol. The van der Waals surface area contributed by atoms with E-state index < -0.39 is 26.1 Å². The smallest absolute Gasteiger partial charge is 0.268 e. The Bertz CT molecular complexity index is 1680. The lowest BCUT2D eigenvalue weighted by molar-refractivity contribution is 0.593. The van der Waals surface area contributed by atoms with Crippen molar-refractivity contribution in [2.75, 3.05) is 5.32 Å². The Balaban J connectivity index is 1.52. The summed E-state index contributed by atoms with van der Waals surface area (Å²) in [5.74, 6) is -0.536. The average molecular weight is 470 g/mol. The number of nitrogens with zero attached hydrogens (tertiary/aromatic N) is 2. The molecular weight excluding hydrogens is 457 g/mol. The van der Waals surface area contributed by atoms with Crippen molar-refractivity contribution < 1.29 is 12.8 Å². The van der Waals surface area contributed by atoms with Crippen molar-refractivity contribution in [2.45, 2.75) is 9.79 Å². The van der Waals surface area contributed by atoms with Gasteiger partial charge in [-0.3, -0.25) is 4.79 Å². The summed E-state index contributed by atoms with van der Waals surface area (Å²) >= 11 is 5.70. The number of benzene rings is 2. The molecule has 0 aliphatic rings. The highest BCUT2D eigenvalue weighted by Crippen LogP contribution is 2.25. The lowest BCUT2D eigenvalue weighted by Crippen LogP contribution is -2.18. The molecule has 0 aliphatic heterocycles. The number of aromatic amines is 2. The minimum Gasteiger partial charge on any atom is -0.361 e. The molecule has 160 valence electrons. The first-order valence-corrected chi connectivity index (χ1v) is 11.1. The lowest BCUT2D eigenvalue weighted by atomic mass is 10.2. The Labute approximate surface area is 185 Å². The van der Waals surface area contributed by atoms with Gasteiger partial charge < -0.3 is 15.3 Å². The van der Waals surface area contributed by atoms with Crippen LogP contribution in [0.25, 0.3) is 21.9 Å². The number of H-pyrrole nitrogens is 2. The van der Waals surface area contributed by atoms with Crippen molar-refractivity contribution in [3.8, 4) is 0 Å². The molecule has 2 aromatic carbocycles. The lowest BCUT2D eigenvalue weighted by Gasteiger charge is -2.08. The maximum Gasteiger partial charge on any atom is 0.268 e. The fourth-order valence-corrected chi connectivity index (χ4v) is 4.86. The Morgan fingerprint density at radius 1 is 1.03 bits per heavy atom. The van der Waals surface area contributed by atoms with Crippen molar-refractivity contribution in [2.24, 2.45) is 0 Å². The number of halogens is 2. The molecule has 3 aromatic heterocycles. The second-order valence-corrected chi connectivity index (χ2v) is 9.27. The van der Waals surface area contributed by atoms with E-state index in [1.807, 2.05) is 30.5 Å². The third kappa shape index (κ3) is 3.49. The number of rotatable bonds is 4. The molecule has 0 atom stereocenters. The molecule has 0 saturated heterocycles. The van der Waals surface area contributed by atoms with Gasteiger partial charge in [-0.2, -0.15) is 4.98 Å². The predicted octanol–water partition coefficient (Wildman–Crippen LogP) is 4.17. The first-order valence-electron chi connectivity index (χ1n) is 9.26. The number of pyridine rings is 1. The molecule has 8 nitrogen and oxygen atoms in total. The van der Waals surface area contributed by atoms with Crippen molar-refractivity contribution in [1.82, 2.24) is 19.9 Å². The van der Waals surface area contributed by atoms with E-state index in [0.29, 0.717) is 5.39 Å². The number of anilines is 2. The van der Waals surface area contributed by atoms with E-state index >= 15 is 0 Å². The van der Waals surface area contributed by atoms with E-state index in [1.54, 1.807) is 0 Å². The molecule has 0 unspecified atom stereocenters. The summed E-state index contributed by atoms with van der Waals surface area (Å²) in [6, 6.07) is 11.7. The van der Waals surface area contributed by atoms with Gasteiger partial charge in [-0.25, -0.2) is 17.8 Å². The van der Waals surface area contributed by atoms with Crippen molar-refractivity contribution in [1.29, 1.82) is 0 Å². The highest BCUT2D eigenvalue weighted by molar-refractivity contribution is 7.91. The minimum atomic E-state index is -4.24. The van der Waals surface area contributed by atoms with Gasteiger partial charge in [0.1, 0.15) is 16.4 Å². The van der Waals surface area contributed by atoms with Crippen LogP contribution in [-0.4, -0.2) is 28.4 Å². The van der Waals surface area contributed by atoms with Crippen LogP contribution in [0.1, 0.15) is 0 Å². The first-order chi connectivity index (χ1) is 15.3. The van der Waals surface area contributed by atoms with Crippen LogP contribution in [-0.2, 0) is 9.84 Å². The molecule has 5 aromatic rings. The van der Waals surface area contributed by atoms with Gasteiger partial charge in [-0.15, -0.1) is 0 Å². The summed E-state index contributed by atoms with van der Waals surface area (Å²) in [5, 5.41) is 4.00. The van der Waals surface area contributed by atoms with Crippen LogP contribution >= 0.6 is 11.6 Å². The Morgan fingerprint density at radius 3 is 2.69 bits per heavy atom. The normalized spacial score (nSPS) is 11.8. The quantitative estimate of drug-likeness (QED) is 0.340. The van der Waals surface area contributed by atoms with Gasteiger partial charge >= 0.3 is 0 Å². The van der Waals surface area contributed by atoms with E-state index in [1.165, 1.54) is 12.3 Å². The Morgan fingerprint density at radius 2 is 1.88 bits per heavy atom. The zero-order valence-corrected chi connectivity index (χ0v) is 17.6. The highest BCUT2D eigenvalue weighted by Gasteiger charge is 2.23. The summed E-state index contributed by atoms with van der Waals surface area (Å²) in [6.07, 6.45) is 3.23. The molecule has 11 heteroatoms. The van der Waals surface area contributed by atoms with Crippen LogP contribution in [0.5, 0.6) is 0 Å². The van der Waals surface area contributed by atoms with Crippen LogP contribution in [0.4, 0.5) is 16.0 Å². The van der Waals surface area contributed by atoms with Crippen LogP contribution in [0, 0.1) is 5.82 Å². The van der Waals surface area contributed by atoms with Crippen LogP contribution in [0.3, 0.4) is 0 Å². The third-order valence-electron chi connectivity index (χ3n) is 4.86. The number of hydrogen-bond acceptors (Lipinski definition) is 6. The van der Waals surface area contributed by atoms with Crippen LogP contribution in [0.2, 0.25) is 5.02 Å². The van der Waals surface area contributed by atoms with Gasteiger partial charge in [0.2, 0.25) is 15.8 Å². The second kappa shape index (κ2) is 7.43. The molecule has 0 fully saturated rings. The largest absolute Gasteiger partial charge is 0.361 e. The van der Waals surface area contributed by atoms with Crippen molar-refractivity contribution in [3.05, 3.63) is 82.1 Å². The van der Waals surface area contributed by atoms with E-state index in [0.717, 1.165) is 34.8 Å². The number of nitrogens with one attached hydrogen (secondary N) is 3. The highest BCUT2D eigenvalue weighted by atomic mass is 35.5. The summed E-state index contributed by atoms with van der Waals surface area (Å²) < 4.78 is 39.2. The summed E-state index contributed by atoms with van der Waals surface area (Å²) in [7, 11) is -4.24. The topological polar surface area (TPSA) is 121 Å². The standard InChI is InChI=1S/C21H13ClFN5O3S/c22-15-9-14(2-3-16(15)23)32(30,31)18-8-12-10-25-21(28-19(12)27-20(18)29)26-13-1-4-17-11(7-13)5-6-24-17/h1-10,24H,(H2,25,26,27,28,29). The second-order valence-electron chi connectivity index (χ2n) is 6.94. The fourth-order valence-electron chi connectivity index (χ4n) is 3.26. The van der Waals surface area contributed by atoms with Gasteiger partial charge in [0.25, 0.3) is 5.56 Å². The molecule has 3 heterocycles. The van der Waals surface area contributed by atoms with E-state index in [2.05, 4.69) is 25.3 Å². The van der Waals surface area contributed by atoms with Gasteiger partial charge in [0, 0.05) is 34.4 Å². The van der Waals surface area contributed by atoms with Gasteiger partial charge in [-0.05, 0) is 48.5 Å². The molecule has 0 spiro atoms. The molecule has 0 aliphatic carbocycles. The van der Waals surface area contributed by atoms with E-state index in [9.17, 15) is 17.6 Å². The molecule has 0 radical (unpaired) electrons. The summed E-state index contributed by atoms with van der Waals surface area (Å²) in [5.41, 5.74) is 1.02. The predicted molar refractivity (Wildman–Crippen MR) is 119 cm³/mol. The molecule has 0 bridgehead atoms. The van der Waals surface area contributed by atoms with Crippen LogP contribution in [0.15, 0.2) is 75.5 Å². The summed E-state index contributed by atoms with van der Waals surface area (Å²) in [4.78, 5) is 25.8. The summed E-state index contributed by atoms with van der Waals surface area (Å²) in [6.45, 7) is 0. The number of aromatic nitrogens is 4.